The molecule has 1 fully saturated rings. The van der Waals surface area contributed by atoms with Gasteiger partial charge in [-0.2, -0.15) is 0 Å². The normalized spacial score (nSPS) is 14.9. The van der Waals surface area contributed by atoms with E-state index in [2.05, 4.69) is 41.3 Å². The fraction of sp³-hybridized carbons (Fsp3) is 0.500. The Labute approximate surface area is 119 Å². The van der Waals surface area contributed by atoms with Gasteiger partial charge in [-0.3, -0.25) is 4.79 Å². The van der Waals surface area contributed by atoms with E-state index in [0.717, 1.165) is 36.1 Å². The van der Waals surface area contributed by atoms with Crippen LogP contribution in [0.5, 0.6) is 0 Å². The van der Waals surface area contributed by atoms with Crippen molar-refractivity contribution >= 4 is 16.9 Å². The van der Waals surface area contributed by atoms with Gasteiger partial charge in [-0.05, 0) is 37.0 Å². The second-order valence-corrected chi connectivity index (χ2v) is 5.97. The number of aromatic nitrogens is 2. The first kappa shape index (κ1) is 13.2. The number of hydrogen-bond acceptors (Lipinski definition) is 2. The number of carbonyl (C=O) groups is 1. The molecule has 0 atom stereocenters. The number of carbonyl (C=O) groups excluding carboxylic acids is 1. The number of hydrogen-bond donors (Lipinski definition) is 2. The monoisotopic (exact) mass is 271 g/mol. The van der Waals surface area contributed by atoms with E-state index in [1.807, 2.05) is 6.07 Å². The van der Waals surface area contributed by atoms with Crippen LogP contribution in [-0.2, 0) is 11.2 Å². The van der Waals surface area contributed by atoms with Crippen LogP contribution in [0.3, 0.4) is 0 Å². The Balaban J connectivity index is 1.66. The van der Waals surface area contributed by atoms with E-state index in [0.29, 0.717) is 18.4 Å². The third-order valence-electron chi connectivity index (χ3n) is 3.69. The highest BCUT2D eigenvalue weighted by Crippen LogP contribution is 2.20. The average Bonchev–Trinajstić information content (AvgIpc) is 3.11. The van der Waals surface area contributed by atoms with Gasteiger partial charge in [0.05, 0.1) is 11.0 Å². The van der Waals surface area contributed by atoms with Crippen LogP contribution < -0.4 is 5.32 Å². The van der Waals surface area contributed by atoms with Crippen LogP contribution in [0, 0.1) is 0 Å². The number of nitrogens with one attached hydrogen (secondary N) is 2. The van der Waals surface area contributed by atoms with Gasteiger partial charge in [-0.15, -0.1) is 0 Å². The van der Waals surface area contributed by atoms with Crippen molar-refractivity contribution in [3.63, 3.8) is 0 Å². The summed E-state index contributed by atoms with van der Waals surface area (Å²) in [5, 5.41) is 3.02. The lowest BCUT2D eigenvalue weighted by Crippen LogP contribution is -2.25. The van der Waals surface area contributed by atoms with Gasteiger partial charge in [0.1, 0.15) is 5.82 Å². The standard InChI is InChI=1S/C16H21N3O/c1-10(2)16-18-13-7-3-11(9-14(13)19-16)4-8-15(20)17-12-5-6-12/h3,7,9-10,12H,4-6,8H2,1-2H3,(H,17,20)(H,18,19). The van der Waals surface area contributed by atoms with Gasteiger partial charge in [-0.1, -0.05) is 19.9 Å². The molecule has 0 radical (unpaired) electrons. The van der Waals surface area contributed by atoms with Gasteiger partial charge < -0.3 is 10.3 Å². The highest BCUT2D eigenvalue weighted by atomic mass is 16.1. The summed E-state index contributed by atoms with van der Waals surface area (Å²) < 4.78 is 0. The Kier molecular flexibility index (Phi) is 3.47. The maximum atomic E-state index is 11.7. The molecule has 0 unspecified atom stereocenters. The minimum Gasteiger partial charge on any atom is -0.353 e. The molecule has 0 spiro atoms. The molecule has 0 bridgehead atoms. The molecule has 1 saturated carbocycles. The third-order valence-corrected chi connectivity index (χ3v) is 3.69. The quantitative estimate of drug-likeness (QED) is 0.878. The molecule has 4 heteroatoms. The number of nitrogens with zero attached hydrogens (tertiary/aromatic N) is 1. The fourth-order valence-corrected chi connectivity index (χ4v) is 2.29. The van der Waals surface area contributed by atoms with E-state index in [9.17, 15) is 4.79 Å². The van der Waals surface area contributed by atoms with Crippen LogP contribution in [0.25, 0.3) is 11.0 Å². The third kappa shape index (κ3) is 3.00. The lowest BCUT2D eigenvalue weighted by Gasteiger charge is -2.03. The average molecular weight is 271 g/mol. The molecule has 1 aliphatic rings. The summed E-state index contributed by atoms with van der Waals surface area (Å²) in [5.41, 5.74) is 3.25. The number of amides is 1. The number of imidazole rings is 1. The van der Waals surface area contributed by atoms with Gasteiger partial charge in [0.25, 0.3) is 0 Å². The molecule has 4 nitrogen and oxygen atoms in total. The number of aryl methyl sites for hydroxylation is 1. The first-order valence-corrected chi connectivity index (χ1v) is 7.40. The number of fused-ring (bicyclic) bond motifs is 1. The predicted molar refractivity (Wildman–Crippen MR) is 79.7 cm³/mol. The Morgan fingerprint density at radius 3 is 2.95 bits per heavy atom. The van der Waals surface area contributed by atoms with E-state index in [-0.39, 0.29) is 5.91 Å². The highest BCUT2D eigenvalue weighted by molar-refractivity contribution is 5.78. The molecule has 0 saturated heterocycles. The highest BCUT2D eigenvalue weighted by Gasteiger charge is 2.22. The first-order valence-electron chi connectivity index (χ1n) is 7.40. The van der Waals surface area contributed by atoms with Gasteiger partial charge in [-0.25, -0.2) is 4.98 Å². The zero-order chi connectivity index (χ0) is 14.1. The van der Waals surface area contributed by atoms with Crippen LogP contribution in [0.4, 0.5) is 0 Å². The van der Waals surface area contributed by atoms with E-state index >= 15 is 0 Å². The van der Waals surface area contributed by atoms with E-state index in [4.69, 9.17) is 0 Å². The summed E-state index contributed by atoms with van der Waals surface area (Å²) in [7, 11) is 0. The summed E-state index contributed by atoms with van der Waals surface area (Å²) in [6.07, 6.45) is 3.63. The van der Waals surface area contributed by atoms with Gasteiger partial charge in [0.15, 0.2) is 0 Å². The summed E-state index contributed by atoms with van der Waals surface area (Å²) in [6.45, 7) is 4.25. The van der Waals surface area contributed by atoms with Crippen LogP contribution in [-0.4, -0.2) is 21.9 Å². The second-order valence-electron chi connectivity index (χ2n) is 5.97. The topological polar surface area (TPSA) is 57.8 Å². The van der Waals surface area contributed by atoms with Gasteiger partial charge in [0.2, 0.25) is 5.91 Å². The number of rotatable bonds is 5. The largest absolute Gasteiger partial charge is 0.353 e. The minimum absolute atomic E-state index is 0.167. The zero-order valence-corrected chi connectivity index (χ0v) is 12.1. The molecule has 1 aromatic heterocycles. The lowest BCUT2D eigenvalue weighted by atomic mass is 10.1. The number of aromatic amines is 1. The molecule has 1 heterocycles. The van der Waals surface area contributed by atoms with E-state index in [1.165, 1.54) is 5.56 Å². The summed E-state index contributed by atoms with van der Waals surface area (Å²) in [5.74, 6) is 1.58. The molecule has 1 amide bonds. The smallest absolute Gasteiger partial charge is 0.220 e. The van der Waals surface area contributed by atoms with Crippen LogP contribution in [0.1, 0.15) is 50.4 Å². The van der Waals surface area contributed by atoms with Crippen molar-refractivity contribution in [3.05, 3.63) is 29.6 Å². The fourth-order valence-electron chi connectivity index (χ4n) is 2.29. The van der Waals surface area contributed by atoms with Crippen molar-refractivity contribution < 1.29 is 4.79 Å². The van der Waals surface area contributed by atoms with E-state index in [1.54, 1.807) is 0 Å². The van der Waals surface area contributed by atoms with Crippen molar-refractivity contribution in [2.75, 3.05) is 0 Å². The molecule has 20 heavy (non-hydrogen) atoms. The molecule has 0 aliphatic heterocycles. The molecule has 3 rings (SSSR count). The molecular weight excluding hydrogens is 250 g/mol. The van der Waals surface area contributed by atoms with Crippen LogP contribution >= 0.6 is 0 Å². The van der Waals surface area contributed by atoms with Crippen molar-refractivity contribution in [1.82, 2.24) is 15.3 Å². The summed E-state index contributed by atoms with van der Waals surface area (Å²) in [4.78, 5) is 19.6. The van der Waals surface area contributed by atoms with Gasteiger partial charge in [0, 0.05) is 18.4 Å². The summed E-state index contributed by atoms with van der Waals surface area (Å²) >= 11 is 0. The molecular formula is C16H21N3O. The number of H-pyrrole nitrogens is 1. The first-order chi connectivity index (χ1) is 9.61. The lowest BCUT2D eigenvalue weighted by molar-refractivity contribution is -0.121. The molecule has 2 aromatic rings. The van der Waals surface area contributed by atoms with Gasteiger partial charge >= 0.3 is 0 Å². The maximum absolute atomic E-state index is 11.7. The predicted octanol–water partition coefficient (Wildman–Crippen LogP) is 2.90. The van der Waals surface area contributed by atoms with Crippen molar-refractivity contribution in [2.45, 2.75) is 51.5 Å². The van der Waals surface area contributed by atoms with Crippen molar-refractivity contribution in [1.29, 1.82) is 0 Å². The number of benzene rings is 1. The van der Waals surface area contributed by atoms with Crippen molar-refractivity contribution in [2.24, 2.45) is 0 Å². The Morgan fingerprint density at radius 1 is 1.45 bits per heavy atom. The van der Waals surface area contributed by atoms with E-state index < -0.39 is 0 Å². The SMILES string of the molecule is CC(C)c1nc2ccc(CCC(=O)NC3CC3)cc2[nH]1. The minimum atomic E-state index is 0.167. The maximum Gasteiger partial charge on any atom is 0.220 e. The summed E-state index contributed by atoms with van der Waals surface area (Å²) in [6, 6.07) is 6.66. The van der Waals surface area contributed by atoms with Crippen LogP contribution in [0.15, 0.2) is 18.2 Å². The zero-order valence-electron chi connectivity index (χ0n) is 12.1. The Hall–Kier alpha value is -1.84. The molecule has 2 N–H and O–H groups in total. The van der Waals surface area contributed by atoms with Crippen molar-refractivity contribution in [3.8, 4) is 0 Å². The van der Waals surface area contributed by atoms with Crippen LogP contribution in [0.2, 0.25) is 0 Å². The Bertz CT molecular complexity index is 626. The second kappa shape index (κ2) is 5.27. The molecule has 1 aromatic carbocycles. The Morgan fingerprint density at radius 2 is 2.25 bits per heavy atom. The molecule has 1 aliphatic carbocycles. The molecule has 106 valence electrons.